The monoisotopic (exact) mass is 403 g/mol. The van der Waals surface area contributed by atoms with Gasteiger partial charge in [-0.25, -0.2) is 4.98 Å². The minimum absolute atomic E-state index is 0.198. The maximum absolute atomic E-state index is 12.7. The molecule has 0 saturated carbocycles. The van der Waals surface area contributed by atoms with Gasteiger partial charge in [-0.15, -0.1) is 11.3 Å². The number of carbonyl (C=O) groups excluding carboxylic acids is 1. The fourth-order valence-electron chi connectivity index (χ4n) is 3.25. The van der Waals surface area contributed by atoms with Gasteiger partial charge in [0.05, 0.1) is 16.8 Å². The van der Waals surface area contributed by atoms with Crippen LogP contribution in [-0.4, -0.2) is 22.0 Å². The maximum Gasteiger partial charge on any atom is 0.252 e. The third kappa shape index (κ3) is 3.98. The molecule has 0 saturated heterocycles. The number of amides is 1. The molecule has 0 atom stereocenters. The molecular weight excluding hydrogens is 382 g/mol. The number of para-hydroxylation sites is 1. The van der Waals surface area contributed by atoms with E-state index in [9.17, 15) is 9.59 Å². The summed E-state index contributed by atoms with van der Waals surface area (Å²) in [5.41, 5.74) is 4.21. The first-order chi connectivity index (χ1) is 14.0. The van der Waals surface area contributed by atoms with E-state index < -0.39 is 0 Å². The van der Waals surface area contributed by atoms with Crippen molar-refractivity contribution in [2.24, 2.45) is 7.05 Å². The number of nitrogens with one attached hydrogen (secondary N) is 1. The lowest BCUT2D eigenvalue weighted by Crippen LogP contribution is -2.28. The Morgan fingerprint density at radius 3 is 2.69 bits per heavy atom. The molecule has 0 unspecified atom stereocenters. The number of aromatic nitrogens is 2. The Labute approximate surface area is 172 Å². The van der Waals surface area contributed by atoms with E-state index in [0.717, 1.165) is 27.2 Å². The van der Waals surface area contributed by atoms with Crippen LogP contribution in [0.25, 0.3) is 21.5 Å². The number of thiazole rings is 1. The van der Waals surface area contributed by atoms with Crippen molar-refractivity contribution < 1.29 is 4.79 Å². The van der Waals surface area contributed by atoms with Crippen molar-refractivity contribution in [3.63, 3.8) is 0 Å². The standard InChI is InChI=1S/C23H21N3O2S/c1-15-7-9-16(10-8-15)23-25-17(14-29-23)11-12-24-22(28)19-13-21(27)26(2)20-6-4-3-5-18(19)20/h3-10,13-14H,11-12H2,1-2H3,(H,24,28). The smallest absolute Gasteiger partial charge is 0.252 e. The van der Waals surface area contributed by atoms with Gasteiger partial charge in [0.1, 0.15) is 5.01 Å². The van der Waals surface area contributed by atoms with E-state index in [1.807, 2.05) is 29.6 Å². The molecule has 29 heavy (non-hydrogen) atoms. The van der Waals surface area contributed by atoms with Crippen LogP contribution < -0.4 is 10.9 Å². The highest BCUT2D eigenvalue weighted by Crippen LogP contribution is 2.24. The number of rotatable bonds is 5. The lowest BCUT2D eigenvalue weighted by molar-refractivity contribution is 0.0955. The Balaban J connectivity index is 1.45. The van der Waals surface area contributed by atoms with Crippen LogP contribution in [0.1, 0.15) is 21.6 Å². The van der Waals surface area contributed by atoms with Gasteiger partial charge in [-0.2, -0.15) is 0 Å². The van der Waals surface area contributed by atoms with Crippen molar-refractivity contribution in [3.05, 3.63) is 87.2 Å². The van der Waals surface area contributed by atoms with Gasteiger partial charge >= 0.3 is 0 Å². The Kier molecular flexibility index (Phi) is 5.27. The number of fused-ring (bicyclic) bond motifs is 1. The molecule has 0 spiro atoms. The highest BCUT2D eigenvalue weighted by atomic mass is 32.1. The predicted molar refractivity (Wildman–Crippen MR) is 118 cm³/mol. The van der Waals surface area contributed by atoms with E-state index in [0.29, 0.717) is 18.5 Å². The van der Waals surface area contributed by atoms with Crippen molar-refractivity contribution in [2.75, 3.05) is 6.54 Å². The fraction of sp³-hybridized carbons (Fsp3) is 0.174. The summed E-state index contributed by atoms with van der Waals surface area (Å²) < 4.78 is 1.55. The zero-order valence-electron chi connectivity index (χ0n) is 16.3. The van der Waals surface area contributed by atoms with Gasteiger partial charge in [-0.1, -0.05) is 48.0 Å². The Hall–Kier alpha value is -3.25. The molecule has 0 aliphatic rings. The average Bonchev–Trinajstić information content (AvgIpc) is 3.20. The average molecular weight is 404 g/mol. The molecule has 6 heteroatoms. The minimum atomic E-state index is -0.243. The molecule has 2 heterocycles. The molecule has 146 valence electrons. The molecule has 0 bridgehead atoms. The molecule has 4 rings (SSSR count). The second-order valence-corrected chi connectivity index (χ2v) is 7.85. The second kappa shape index (κ2) is 8.01. The van der Waals surface area contributed by atoms with Crippen LogP contribution in [0.15, 0.2) is 64.8 Å². The van der Waals surface area contributed by atoms with Gasteiger partial charge in [-0.3, -0.25) is 9.59 Å². The Bertz CT molecular complexity index is 1240. The van der Waals surface area contributed by atoms with Crippen LogP contribution >= 0.6 is 11.3 Å². The van der Waals surface area contributed by atoms with Crippen LogP contribution in [0.2, 0.25) is 0 Å². The van der Waals surface area contributed by atoms with Gasteiger partial charge in [0.25, 0.3) is 11.5 Å². The van der Waals surface area contributed by atoms with Crippen LogP contribution in [0, 0.1) is 6.92 Å². The quantitative estimate of drug-likeness (QED) is 0.549. The van der Waals surface area contributed by atoms with Crippen molar-refractivity contribution in [3.8, 4) is 10.6 Å². The summed E-state index contributed by atoms with van der Waals surface area (Å²) >= 11 is 1.60. The van der Waals surface area contributed by atoms with Crippen molar-refractivity contribution in [1.29, 1.82) is 0 Å². The van der Waals surface area contributed by atoms with Crippen LogP contribution in [-0.2, 0) is 13.5 Å². The highest BCUT2D eigenvalue weighted by molar-refractivity contribution is 7.13. The minimum Gasteiger partial charge on any atom is -0.352 e. The van der Waals surface area contributed by atoms with E-state index in [1.54, 1.807) is 23.0 Å². The molecular formula is C23H21N3O2S. The van der Waals surface area contributed by atoms with E-state index >= 15 is 0 Å². The van der Waals surface area contributed by atoms with Crippen LogP contribution in [0.4, 0.5) is 0 Å². The molecule has 1 N–H and O–H groups in total. The summed E-state index contributed by atoms with van der Waals surface area (Å²) in [6.45, 7) is 2.52. The first-order valence-electron chi connectivity index (χ1n) is 9.41. The Morgan fingerprint density at radius 1 is 1.14 bits per heavy atom. The maximum atomic E-state index is 12.7. The number of benzene rings is 2. The first kappa shape index (κ1) is 19.1. The molecule has 4 aromatic rings. The lowest BCUT2D eigenvalue weighted by Gasteiger charge is -2.10. The van der Waals surface area contributed by atoms with E-state index in [-0.39, 0.29) is 11.5 Å². The van der Waals surface area contributed by atoms with Gasteiger partial charge in [0.15, 0.2) is 0 Å². The molecule has 1 amide bonds. The lowest BCUT2D eigenvalue weighted by atomic mass is 10.1. The largest absolute Gasteiger partial charge is 0.352 e. The van der Waals surface area contributed by atoms with E-state index in [4.69, 9.17) is 0 Å². The molecule has 0 fully saturated rings. The Morgan fingerprint density at radius 2 is 1.90 bits per heavy atom. The van der Waals surface area contributed by atoms with Crippen LogP contribution in [0.5, 0.6) is 0 Å². The molecule has 2 aromatic carbocycles. The summed E-state index contributed by atoms with van der Waals surface area (Å²) in [6, 6.07) is 17.1. The second-order valence-electron chi connectivity index (χ2n) is 6.99. The van der Waals surface area contributed by atoms with E-state index in [1.165, 1.54) is 11.6 Å². The summed E-state index contributed by atoms with van der Waals surface area (Å²) in [7, 11) is 1.71. The number of pyridine rings is 1. The number of nitrogens with zero attached hydrogens (tertiary/aromatic N) is 2. The van der Waals surface area contributed by atoms with Gasteiger partial charge in [-0.05, 0) is 13.0 Å². The predicted octanol–water partition coefficient (Wildman–Crippen LogP) is 3.94. The van der Waals surface area contributed by atoms with Gasteiger partial charge in [0.2, 0.25) is 0 Å². The fourth-order valence-corrected chi connectivity index (χ4v) is 4.11. The summed E-state index contributed by atoms with van der Waals surface area (Å²) in [4.78, 5) is 29.5. The highest BCUT2D eigenvalue weighted by Gasteiger charge is 2.13. The van der Waals surface area contributed by atoms with Crippen LogP contribution in [0.3, 0.4) is 0 Å². The number of hydrogen-bond acceptors (Lipinski definition) is 4. The summed E-state index contributed by atoms with van der Waals surface area (Å²) in [6.07, 6.45) is 0.636. The van der Waals surface area contributed by atoms with Crippen molar-refractivity contribution in [2.45, 2.75) is 13.3 Å². The molecule has 0 radical (unpaired) electrons. The number of hydrogen-bond donors (Lipinski definition) is 1. The SMILES string of the molecule is Cc1ccc(-c2nc(CCNC(=O)c3cc(=O)n(C)c4ccccc34)cs2)cc1. The molecule has 0 aliphatic carbocycles. The van der Waals surface area contributed by atoms with Gasteiger partial charge < -0.3 is 9.88 Å². The third-order valence-electron chi connectivity index (χ3n) is 4.92. The molecule has 0 aliphatic heterocycles. The topological polar surface area (TPSA) is 64.0 Å². The van der Waals surface area contributed by atoms with Gasteiger partial charge in [0, 0.05) is 42.4 Å². The van der Waals surface area contributed by atoms with Crippen molar-refractivity contribution in [1.82, 2.24) is 14.9 Å². The summed E-state index contributed by atoms with van der Waals surface area (Å²) in [5, 5.41) is 6.69. The van der Waals surface area contributed by atoms with E-state index in [2.05, 4.69) is 41.5 Å². The zero-order valence-corrected chi connectivity index (χ0v) is 17.1. The normalized spacial score (nSPS) is 11.0. The number of aryl methyl sites for hydroxylation is 2. The van der Waals surface area contributed by atoms with Crippen molar-refractivity contribution >= 4 is 28.1 Å². The number of carbonyl (C=O) groups is 1. The first-order valence-corrected chi connectivity index (χ1v) is 10.3. The zero-order chi connectivity index (χ0) is 20.4. The third-order valence-corrected chi connectivity index (χ3v) is 5.86. The molecule has 5 nitrogen and oxygen atoms in total. The molecule has 2 aromatic heterocycles. The summed E-state index contributed by atoms with van der Waals surface area (Å²) in [5.74, 6) is -0.243.